The Labute approximate surface area is 162 Å². The molecule has 1 aromatic carbocycles. The van der Waals surface area contributed by atoms with Crippen molar-refractivity contribution in [1.82, 2.24) is 0 Å². The summed E-state index contributed by atoms with van der Waals surface area (Å²) in [7, 11) is 0. The molecule has 0 saturated heterocycles. The van der Waals surface area contributed by atoms with Crippen LogP contribution in [0.2, 0.25) is 0 Å². The number of unbranched alkanes of at least 4 members (excludes halogenated alkanes) is 1. The van der Waals surface area contributed by atoms with E-state index >= 15 is 0 Å². The molecule has 0 fully saturated rings. The molecule has 1 N–H and O–H groups in total. The SMILES string of the molecule is CCCCc1ccc(NC(=O)c2csc3c2CCC(C(C)(C)C)C3)cc1. The zero-order valence-electron chi connectivity index (χ0n) is 16.5. The average molecular weight is 370 g/mol. The summed E-state index contributed by atoms with van der Waals surface area (Å²) in [5.74, 6) is 0.748. The lowest BCUT2D eigenvalue weighted by molar-refractivity contribution is 0.102. The van der Waals surface area contributed by atoms with E-state index in [1.807, 2.05) is 12.1 Å². The summed E-state index contributed by atoms with van der Waals surface area (Å²) in [4.78, 5) is 14.2. The second kappa shape index (κ2) is 7.96. The van der Waals surface area contributed by atoms with Crippen LogP contribution >= 0.6 is 11.3 Å². The lowest BCUT2D eigenvalue weighted by atomic mass is 9.72. The molecule has 0 bridgehead atoms. The van der Waals surface area contributed by atoms with Crippen molar-refractivity contribution in [3.8, 4) is 0 Å². The van der Waals surface area contributed by atoms with Gasteiger partial charge in [-0.25, -0.2) is 0 Å². The van der Waals surface area contributed by atoms with Crippen LogP contribution in [-0.4, -0.2) is 5.91 Å². The highest BCUT2D eigenvalue weighted by atomic mass is 32.1. The van der Waals surface area contributed by atoms with Crippen LogP contribution in [0.25, 0.3) is 0 Å². The van der Waals surface area contributed by atoms with Gasteiger partial charge in [-0.3, -0.25) is 4.79 Å². The van der Waals surface area contributed by atoms with Crippen molar-refractivity contribution in [2.45, 2.75) is 66.2 Å². The highest BCUT2D eigenvalue weighted by Crippen LogP contribution is 2.40. The summed E-state index contributed by atoms with van der Waals surface area (Å²) >= 11 is 1.76. The van der Waals surface area contributed by atoms with Gasteiger partial charge in [0.1, 0.15) is 0 Å². The van der Waals surface area contributed by atoms with Crippen molar-refractivity contribution < 1.29 is 4.79 Å². The van der Waals surface area contributed by atoms with Gasteiger partial charge >= 0.3 is 0 Å². The van der Waals surface area contributed by atoms with Gasteiger partial charge in [-0.2, -0.15) is 0 Å². The number of anilines is 1. The first-order valence-corrected chi connectivity index (χ1v) is 10.8. The minimum Gasteiger partial charge on any atom is -0.322 e. The Balaban J connectivity index is 1.67. The van der Waals surface area contributed by atoms with Crippen molar-refractivity contribution in [2.24, 2.45) is 11.3 Å². The standard InChI is InChI=1S/C23H31NOS/c1-5-6-7-16-8-11-18(12-9-16)24-22(25)20-15-26-21-14-17(23(2,3)4)10-13-19(20)21/h8-9,11-12,15,17H,5-7,10,13-14H2,1-4H3,(H,24,25). The second-order valence-corrected chi connectivity index (χ2v) is 9.58. The van der Waals surface area contributed by atoms with E-state index in [4.69, 9.17) is 0 Å². The maximum atomic E-state index is 12.8. The Morgan fingerprint density at radius 1 is 1.23 bits per heavy atom. The Morgan fingerprint density at radius 2 is 1.96 bits per heavy atom. The molecule has 2 nitrogen and oxygen atoms in total. The molecule has 1 aliphatic rings. The van der Waals surface area contributed by atoms with Crippen LogP contribution in [0, 0.1) is 11.3 Å². The average Bonchev–Trinajstić information content (AvgIpc) is 3.03. The van der Waals surface area contributed by atoms with E-state index < -0.39 is 0 Å². The molecule has 1 aliphatic carbocycles. The van der Waals surface area contributed by atoms with E-state index in [0.29, 0.717) is 11.3 Å². The monoisotopic (exact) mass is 369 g/mol. The molecule has 1 amide bonds. The molecule has 3 rings (SSSR count). The van der Waals surface area contributed by atoms with Gasteiger partial charge in [-0.1, -0.05) is 46.2 Å². The Bertz CT molecular complexity index is 752. The molecule has 0 saturated carbocycles. The van der Waals surface area contributed by atoms with E-state index in [0.717, 1.165) is 30.5 Å². The number of rotatable bonds is 5. The van der Waals surface area contributed by atoms with Crippen LogP contribution < -0.4 is 5.32 Å². The number of aryl methyl sites for hydroxylation is 1. The molecule has 140 valence electrons. The zero-order valence-corrected chi connectivity index (χ0v) is 17.3. The molecular formula is C23H31NOS. The molecular weight excluding hydrogens is 338 g/mol. The van der Waals surface area contributed by atoms with Gasteiger partial charge in [0.05, 0.1) is 5.56 Å². The lowest BCUT2D eigenvalue weighted by Crippen LogP contribution is -2.27. The molecule has 1 atom stereocenters. The van der Waals surface area contributed by atoms with E-state index in [-0.39, 0.29) is 5.91 Å². The van der Waals surface area contributed by atoms with Crippen LogP contribution in [0.5, 0.6) is 0 Å². The van der Waals surface area contributed by atoms with Gasteiger partial charge in [0.2, 0.25) is 0 Å². The third-order valence-electron chi connectivity index (χ3n) is 5.66. The van der Waals surface area contributed by atoms with Crippen LogP contribution in [0.1, 0.15) is 73.3 Å². The van der Waals surface area contributed by atoms with Crippen LogP contribution in [0.15, 0.2) is 29.6 Å². The number of carbonyl (C=O) groups is 1. The van der Waals surface area contributed by atoms with Gasteiger partial charge in [-0.15, -0.1) is 11.3 Å². The molecule has 3 heteroatoms. The predicted molar refractivity (Wildman–Crippen MR) is 112 cm³/mol. The van der Waals surface area contributed by atoms with Gasteiger partial charge in [-0.05, 0) is 66.7 Å². The molecule has 2 aromatic rings. The van der Waals surface area contributed by atoms with E-state index in [1.54, 1.807) is 11.3 Å². The van der Waals surface area contributed by atoms with Gasteiger partial charge in [0.15, 0.2) is 0 Å². The maximum absolute atomic E-state index is 12.8. The number of thiophene rings is 1. The second-order valence-electron chi connectivity index (χ2n) is 8.61. The summed E-state index contributed by atoms with van der Waals surface area (Å²) in [5.41, 5.74) is 4.73. The molecule has 1 aromatic heterocycles. The Hall–Kier alpha value is -1.61. The largest absolute Gasteiger partial charge is 0.322 e. The topological polar surface area (TPSA) is 29.1 Å². The van der Waals surface area contributed by atoms with Crippen molar-refractivity contribution in [2.75, 3.05) is 5.32 Å². The minimum absolute atomic E-state index is 0.0398. The summed E-state index contributed by atoms with van der Waals surface area (Å²) < 4.78 is 0. The molecule has 1 unspecified atom stereocenters. The summed E-state index contributed by atoms with van der Waals surface area (Å²) in [6, 6.07) is 8.30. The summed E-state index contributed by atoms with van der Waals surface area (Å²) in [6.07, 6.45) is 6.85. The lowest BCUT2D eigenvalue weighted by Gasteiger charge is -2.34. The Kier molecular flexibility index (Phi) is 5.86. The van der Waals surface area contributed by atoms with Crippen LogP contribution in [-0.2, 0) is 19.3 Å². The number of hydrogen-bond donors (Lipinski definition) is 1. The maximum Gasteiger partial charge on any atom is 0.256 e. The quantitative estimate of drug-likeness (QED) is 0.641. The summed E-state index contributed by atoms with van der Waals surface area (Å²) in [5, 5.41) is 5.14. The fourth-order valence-corrected chi connectivity index (χ4v) is 4.94. The fraction of sp³-hybridized carbons (Fsp3) is 0.522. The van der Waals surface area contributed by atoms with E-state index in [2.05, 4.69) is 50.5 Å². The highest BCUT2D eigenvalue weighted by Gasteiger charge is 2.31. The Morgan fingerprint density at radius 3 is 2.62 bits per heavy atom. The third kappa shape index (κ3) is 4.37. The first-order valence-electron chi connectivity index (χ1n) is 9.88. The van der Waals surface area contributed by atoms with Gasteiger partial charge < -0.3 is 5.32 Å². The number of carbonyl (C=O) groups excluding carboxylic acids is 1. The van der Waals surface area contributed by atoms with Gasteiger partial charge in [0, 0.05) is 15.9 Å². The normalized spacial score (nSPS) is 17.0. The third-order valence-corrected chi connectivity index (χ3v) is 6.71. The predicted octanol–water partition coefficient (Wildman–Crippen LogP) is 6.49. The van der Waals surface area contributed by atoms with E-state index in [9.17, 15) is 4.79 Å². The molecule has 0 spiro atoms. The highest BCUT2D eigenvalue weighted by molar-refractivity contribution is 7.10. The fourth-order valence-electron chi connectivity index (χ4n) is 3.78. The smallest absolute Gasteiger partial charge is 0.256 e. The number of benzene rings is 1. The van der Waals surface area contributed by atoms with Crippen LogP contribution in [0.3, 0.4) is 0 Å². The number of fused-ring (bicyclic) bond motifs is 1. The zero-order chi connectivity index (χ0) is 18.7. The van der Waals surface area contributed by atoms with Crippen LogP contribution in [0.4, 0.5) is 5.69 Å². The number of amides is 1. The molecule has 0 radical (unpaired) electrons. The molecule has 26 heavy (non-hydrogen) atoms. The molecule has 0 aliphatic heterocycles. The van der Waals surface area contributed by atoms with Crippen molar-refractivity contribution >= 4 is 22.9 Å². The molecule has 1 heterocycles. The number of hydrogen-bond acceptors (Lipinski definition) is 2. The number of nitrogens with one attached hydrogen (secondary N) is 1. The van der Waals surface area contributed by atoms with Gasteiger partial charge in [0.25, 0.3) is 5.91 Å². The first kappa shape index (κ1) is 19.2. The van der Waals surface area contributed by atoms with E-state index in [1.165, 1.54) is 35.3 Å². The van der Waals surface area contributed by atoms with Crippen molar-refractivity contribution in [3.63, 3.8) is 0 Å². The van der Waals surface area contributed by atoms with Crippen molar-refractivity contribution in [1.29, 1.82) is 0 Å². The summed E-state index contributed by atoms with van der Waals surface area (Å²) in [6.45, 7) is 9.19. The van der Waals surface area contributed by atoms with Crippen molar-refractivity contribution in [3.05, 3.63) is 51.2 Å². The minimum atomic E-state index is 0.0398. The first-order chi connectivity index (χ1) is 12.4.